The standard InChI is InChI=1S/C22H21ClN2O5S/c1-15-18-7-2-3-8-19(18)24-20(21(15)23)14-30-22(26)16-5-4-6-17(13-16)31(27,28)25-9-11-29-12-10-25/h2-8,13H,9-12,14H2,1H3. The van der Waals surface area contributed by atoms with E-state index < -0.39 is 16.0 Å². The lowest BCUT2D eigenvalue weighted by Gasteiger charge is -2.26. The molecule has 162 valence electrons. The van der Waals surface area contributed by atoms with E-state index in [1.54, 1.807) is 0 Å². The van der Waals surface area contributed by atoms with Gasteiger partial charge in [0.2, 0.25) is 10.0 Å². The van der Waals surface area contributed by atoms with E-state index in [0.29, 0.717) is 23.9 Å². The van der Waals surface area contributed by atoms with E-state index in [0.717, 1.165) is 16.5 Å². The monoisotopic (exact) mass is 460 g/mol. The quantitative estimate of drug-likeness (QED) is 0.541. The minimum absolute atomic E-state index is 0.0431. The highest BCUT2D eigenvalue weighted by Crippen LogP contribution is 2.27. The third-order valence-electron chi connectivity index (χ3n) is 5.16. The Bertz CT molecular complexity index is 1240. The molecule has 0 saturated carbocycles. The van der Waals surface area contributed by atoms with Gasteiger partial charge in [0.1, 0.15) is 6.61 Å². The van der Waals surface area contributed by atoms with Crippen LogP contribution in [0.25, 0.3) is 10.9 Å². The van der Waals surface area contributed by atoms with E-state index in [-0.39, 0.29) is 30.2 Å². The first-order valence-electron chi connectivity index (χ1n) is 9.77. The topological polar surface area (TPSA) is 85.8 Å². The molecule has 1 saturated heterocycles. The van der Waals surface area contributed by atoms with Crippen molar-refractivity contribution < 1.29 is 22.7 Å². The van der Waals surface area contributed by atoms with Crippen LogP contribution in [0.1, 0.15) is 21.6 Å². The molecule has 2 aromatic carbocycles. The zero-order chi connectivity index (χ0) is 22.0. The second-order valence-corrected chi connectivity index (χ2v) is 9.45. The number of morpholine rings is 1. The number of para-hydroxylation sites is 1. The molecule has 4 rings (SSSR count). The molecule has 2 heterocycles. The van der Waals surface area contributed by atoms with Crippen LogP contribution in [-0.4, -0.2) is 50.0 Å². The Labute approximate surface area is 185 Å². The second-order valence-electron chi connectivity index (χ2n) is 7.14. The number of carbonyl (C=O) groups excluding carboxylic acids is 1. The average Bonchev–Trinajstić information content (AvgIpc) is 2.81. The number of ether oxygens (including phenoxy) is 2. The molecule has 9 heteroatoms. The summed E-state index contributed by atoms with van der Waals surface area (Å²) in [5, 5.41) is 1.37. The Morgan fingerprint density at radius 3 is 2.68 bits per heavy atom. The van der Waals surface area contributed by atoms with Gasteiger partial charge in [-0.05, 0) is 36.8 Å². The molecule has 1 fully saturated rings. The predicted octanol–water partition coefficient (Wildman–Crippen LogP) is 3.57. The highest BCUT2D eigenvalue weighted by atomic mass is 35.5. The lowest BCUT2D eigenvalue weighted by Crippen LogP contribution is -2.40. The number of pyridine rings is 1. The third-order valence-corrected chi connectivity index (χ3v) is 7.56. The van der Waals surface area contributed by atoms with Crippen LogP contribution < -0.4 is 0 Å². The Morgan fingerprint density at radius 2 is 1.90 bits per heavy atom. The summed E-state index contributed by atoms with van der Waals surface area (Å²) in [6.07, 6.45) is 0. The molecule has 0 unspecified atom stereocenters. The summed E-state index contributed by atoms with van der Waals surface area (Å²) in [5.41, 5.74) is 2.21. The SMILES string of the molecule is Cc1c(Cl)c(COC(=O)c2cccc(S(=O)(=O)N3CCOCC3)c2)nc2ccccc12. The largest absolute Gasteiger partial charge is 0.456 e. The van der Waals surface area contributed by atoms with Crippen LogP contribution in [0, 0.1) is 6.92 Å². The molecule has 0 spiro atoms. The zero-order valence-corrected chi connectivity index (χ0v) is 18.4. The van der Waals surface area contributed by atoms with E-state index in [2.05, 4.69) is 4.98 Å². The van der Waals surface area contributed by atoms with Crippen molar-refractivity contribution >= 4 is 38.5 Å². The zero-order valence-electron chi connectivity index (χ0n) is 16.9. The van der Waals surface area contributed by atoms with Gasteiger partial charge in [-0.15, -0.1) is 0 Å². The molecule has 0 N–H and O–H groups in total. The van der Waals surface area contributed by atoms with E-state index >= 15 is 0 Å². The Hall–Kier alpha value is -2.52. The number of benzene rings is 2. The Balaban J connectivity index is 1.53. The van der Waals surface area contributed by atoms with Crippen molar-refractivity contribution in [2.75, 3.05) is 26.3 Å². The number of hydrogen-bond acceptors (Lipinski definition) is 6. The fraction of sp³-hybridized carbons (Fsp3) is 0.273. The Morgan fingerprint density at radius 1 is 1.16 bits per heavy atom. The van der Waals surface area contributed by atoms with E-state index in [1.807, 2.05) is 31.2 Å². The number of fused-ring (bicyclic) bond motifs is 1. The van der Waals surface area contributed by atoms with Crippen LogP contribution in [0.2, 0.25) is 5.02 Å². The number of aromatic nitrogens is 1. The number of esters is 1. The van der Waals surface area contributed by atoms with E-state index in [9.17, 15) is 13.2 Å². The van der Waals surface area contributed by atoms with Crippen LogP contribution in [-0.2, 0) is 26.1 Å². The van der Waals surface area contributed by atoms with Gasteiger partial charge in [-0.25, -0.2) is 18.2 Å². The third kappa shape index (κ3) is 4.43. The van der Waals surface area contributed by atoms with Gasteiger partial charge in [0.15, 0.2) is 0 Å². The van der Waals surface area contributed by atoms with Crippen molar-refractivity contribution in [3.05, 3.63) is 70.4 Å². The molecule has 31 heavy (non-hydrogen) atoms. The van der Waals surface area contributed by atoms with Gasteiger partial charge in [0.25, 0.3) is 0 Å². The maximum atomic E-state index is 12.8. The molecule has 1 aliphatic heterocycles. The van der Waals surface area contributed by atoms with E-state index in [1.165, 1.54) is 28.6 Å². The summed E-state index contributed by atoms with van der Waals surface area (Å²) in [7, 11) is -3.71. The fourth-order valence-electron chi connectivity index (χ4n) is 3.45. The lowest BCUT2D eigenvalue weighted by molar-refractivity contribution is 0.0468. The number of hydrogen-bond donors (Lipinski definition) is 0. The van der Waals surface area contributed by atoms with Crippen LogP contribution in [0.3, 0.4) is 0 Å². The predicted molar refractivity (Wildman–Crippen MR) is 117 cm³/mol. The van der Waals surface area contributed by atoms with Crippen molar-refractivity contribution in [2.45, 2.75) is 18.4 Å². The molecular weight excluding hydrogens is 440 g/mol. The first-order valence-corrected chi connectivity index (χ1v) is 11.6. The van der Waals surface area contributed by atoms with Gasteiger partial charge >= 0.3 is 5.97 Å². The maximum Gasteiger partial charge on any atom is 0.338 e. The van der Waals surface area contributed by atoms with Gasteiger partial charge in [0.05, 0.1) is 39.9 Å². The summed E-state index contributed by atoms with van der Waals surface area (Å²) in [6.45, 7) is 3.02. The fourth-order valence-corrected chi connectivity index (χ4v) is 5.10. The molecule has 0 aliphatic carbocycles. The molecule has 1 aromatic heterocycles. The summed E-state index contributed by atoms with van der Waals surface area (Å²) >= 11 is 6.42. The van der Waals surface area contributed by atoms with Gasteiger partial charge in [-0.1, -0.05) is 35.9 Å². The number of aryl methyl sites for hydroxylation is 1. The average molecular weight is 461 g/mol. The highest BCUT2D eigenvalue weighted by molar-refractivity contribution is 7.89. The second kappa shape index (κ2) is 8.92. The van der Waals surface area contributed by atoms with Crippen molar-refractivity contribution in [3.8, 4) is 0 Å². The smallest absolute Gasteiger partial charge is 0.338 e. The summed E-state index contributed by atoms with van der Waals surface area (Å²) < 4.78 is 37.6. The lowest BCUT2D eigenvalue weighted by atomic mass is 10.1. The number of rotatable bonds is 5. The van der Waals surface area contributed by atoms with Crippen molar-refractivity contribution in [2.24, 2.45) is 0 Å². The number of carbonyl (C=O) groups is 1. The van der Waals surface area contributed by atoms with Crippen LogP contribution in [0.5, 0.6) is 0 Å². The molecule has 1 aliphatic rings. The highest BCUT2D eigenvalue weighted by Gasteiger charge is 2.27. The van der Waals surface area contributed by atoms with Crippen molar-refractivity contribution in [1.82, 2.24) is 9.29 Å². The molecule has 3 aromatic rings. The molecule has 0 bridgehead atoms. The number of nitrogens with zero attached hydrogens (tertiary/aromatic N) is 2. The van der Waals surface area contributed by atoms with E-state index in [4.69, 9.17) is 21.1 Å². The van der Waals surface area contributed by atoms with Gasteiger partial charge in [-0.3, -0.25) is 0 Å². The van der Waals surface area contributed by atoms with Gasteiger partial charge in [0, 0.05) is 18.5 Å². The summed E-state index contributed by atoms with van der Waals surface area (Å²) in [4.78, 5) is 17.2. The minimum Gasteiger partial charge on any atom is -0.456 e. The van der Waals surface area contributed by atoms with Gasteiger partial charge in [-0.2, -0.15) is 4.31 Å². The van der Waals surface area contributed by atoms with Crippen molar-refractivity contribution in [3.63, 3.8) is 0 Å². The molecular formula is C22H21ClN2O5S. The molecule has 0 radical (unpaired) electrons. The first-order chi connectivity index (χ1) is 14.9. The minimum atomic E-state index is -3.71. The summed E-state index contributed by atoms with van der Waals surface area (Å²) in [6, 6.07) is 13.4. The number of halogens is 1. The Kier molecular flexibility index (Phi) is 6.24. The van der Waals surface area contributed by atoms with Crippen LogP contribution in [0.4, 0.5) is 0 Å². The number of sulfonamides is 1. The molecule has 7 nitrogen and oxygen atoms in total. The summed E-state index contributed by atoms with van der Waals surface area (Å²) in [5.74, 6) is -0.650. The van der Waals surface area contributed by atoms with Crippen molar-refractivity contribution in [1.29, 1.82) is 0 Å². The maximum absolute atomic E-state index is 12.8. The first kappa shape index (κ1) is 21.7. The normalized spacial score (nSPS) is 15.2. The van der Waals surface area contributed by atoms with Crippen LogP contribution >= 0.6 is 11.6 Å². The molecule has 0 atom stereocenters. The van der Waals surface area contributed by atoms with Crippen LogP contribution in [0.15, 0.2) is 53.4 Å². The molecule has 0 amide bonds. The van der Waals surface area contributed by atoms with Gasteiger partial charge < -0.3 is 9.47 Å².